The van der Waals surface area contributed by atoms with Crippen molar-refractivity contribution in [2.45, 2.75) is 20.3 Å². The molecule has 4 N–H and O–H groups in total. The van der Waals surface area contributed by atoms with Gasteiger partial charge in [-0.1, -0.05) is 30.3 Å². The lowest BCUT2D eigenvalue weighted by Gasteiger charge is -2.13. The van der Waals surface area contributed by atoms with Crippen LogP contribution >= 0.6 is 0 Å². The summed E-state index contributed by atoms with van der Waals surface area (Å²) in [5.74, 6) is 0.541. The number of nitrogens with two attached hydrogens (primary N) is 2. The van der Waals surface area contributed by atoms with Gasteiger partial charge in [0.1, 0.15) is 5.82 Å². The van der Waals surface area contributed by atoms with Crippen LogP contribution in [-0.2, 0) is 6.42 Å². The van der Waals surface area contributed by atoms with Crippen LogP contribution in [0.25, 0.3) is 11.0 Å². The molecule has 0 atom stereocenters. The summed E-state index contributed by atoms with van der Waals surface area (Å²) in [6.45, 7) is 4.02. The van der Waals surface area contributed by atoms with E-state index in [2.05, 4.69) is 27.1 Å². The SMILES string of the molecule is Cc1nc2nc(N)nc(N)c2c(C)c1Cc1ccccc1. The molecule has 0 spiro atoms. The summed E-state index contributed by atoms with van der Waals surface area (Å²) in [6.07, 6.45) is 0.811. The third-order valence-electron chi connectivity index (χ3n) is 3.70. The van der Waals surface area contributed by atoms with E-state index >= 15 is 0 Å². The number of rotatable bonds is 2. The van der Waals surface area contributed by atoms with E-state index in [1.165, 1.54) is 5.56 Å². The summed E-state index contributed by atoms with van der Waals surface area (Å²) in [4.78, 5) is 12.8. The maximum absolute atomic E-state index is 6.00. The molecule has 1 aromatic carbocycles. The number of hydrogen-bond acceptors (Lipinski definition) is 5. The fourth-order valence-electron chi connectivity index (χ4n) is 2.63. The lowest BCUT2D eigenvalue weighted by atomic mass is 9.97. The normalized spacial score (nSPS) is 11.0. The second kappa shape index (κ2) is 5.01. The Hall–Kier alpha value is -2.69. The molecule has 106 valence electrons. The molecule has 0 aliphatic carbocycles. The molecule has 5 heteroatoms. The zero-order chi connectivity index (χ0) is 15.0. The van der Waals surface area contributed by atoms with Gasteiger partial charge in [-0.3, -0.25) is 0 Å². The first-order chi connectivity index (χ1) is 10.1. The van der Waals surface area contributed by atoms with Crippen LogP contribution in [0.5, 0.6) is 0 Å². The van der Waals surface area contributed by atoms with Crippen molar-refractivity contribution in [2.24, 2.45) is 0 Å². The second-order valence-corrected chi connectivity index (χ2v) is 5.13. The van der Waals surface area contributed by atoms with E-state index < -0.39 is 0 Å². The van der Waals surface area contributed by atoms with Gasteiger partial charge in [0, 0.05) is 5.69 Å². The Balaban J connectivity index is 2.20. The van der Waals surface area contributed by atoms with Crippen molar-refractivity contribution in [2.75, 3.05) is 11.5 Å². The van der Waals surface area contributed by atoms with E-state index in [-0.39, 0.29) is 5.95 Å². The molecule has 2 heterocycles. The zero-order valence-corrected chi connectivity index (χ0v) is 12.1. The number of aromatic nitrogens is 3. The van der Waals surface area contributed by atoms with E-state index in [1.807, 2.05) is 32.0 Å². The Kier molecular flexibility index (Phi) is 3.17. The van der Waals surface area contributed by atoms with Crippen molar-refractivity contribution in [1.29, 1.82) is 0 Å². The van der Waals surface area contributed by atoms with E-state index in [0.717, 1.165) is 28.6 Å². The molecule has 0 amide bonds. The quantitative estimate of drug-likeness (QED) is 0.751. The van der Waals surface area contributed by atoms with Crippen molar-refractivity contribution in [3.05, 3.63) is 52.7 Å². The highest BCUT2D eigenvalue weighted by Gasteiger charge is 2.14. The minimum Gasteiger partial charge on any atom is -0.383 e. The van der Waals surface area contributed by atoms with E-state index in [1.54, 1.807) is 0 Å². The molecule has 0 fully saturated rings. The van der Waals surface area contributed by atoms with E-state index in [0.29, 0.717) is 11.5 Å². The van der Waals surface area contributed by atoms with Crippen molar-refractivity contribution < 1.29 is 0 Å². The van der Waals surface area contributed by atoms with Crippen molar-refractivity contribution >= 4 is 22.8 Å². The van der Waals surface area contributed by atoms with Crippen molar-refractivity contribution in [3.8, 4) is 0 Å². The highest BCUT2D eigenvalue weighted by atomic mass is 15.1. The fraction of sp³-hybridized carbons (Fsp3) is 0.188. The predicted molar refractivity (Wildman–Crippen MR) is 84.9 cm³/mol. The van der Waals surface area contributed by atoms with Crippen LogP contribution in [0.1, 0.15) is 22.4 Å². The lowest BCUT2D eigenvalue weighted by molar-refractivity contribution is 1.06. The first kappa shape index (κ1) is 13.3. The first-order valence-corrected chi connectivity index (χ1v) is 6.79. The Morgan fingerprint density at radius 3 is 2.38 bits per heavy atom. The molecule has 0 saturated heterocycles. The number of nitrogen functional groups attached to an aromatic ring is 2. The van der Waals surface area contributed by atoms with Crippen LogP contribution in [0.4, 0.5) is 11.8 Å². The Bertz CT molecular complexity index is 812. The summed E-state index contributed by atoms with van der Waals surface area (Å²) in [5.41, 5.74) is 16.6. The predicted octanol–water partition coefficient (Wildman–Crippen LogP) is 2.40. The minimum atomic E-state index is 0.155. The van der Waals surface area contributed by atoms with E-state index in [4.69, 9.17) is 11.5 Å². The molecule has 0 radical (unpaired) electrons. The maximum atomic E-state index is 6.00. The molecule has 3 rings (SSSR count). The van der Waals surface area contributed by atoms with Gasteiger partial charge >= 0.3 is 0 Å². The third-order valence-corrected chi connectivity index (χ3v) is 3.70. The third kappa shape index (κ3) is 2.38. The monoisotopic (exact) mass is 279 g/mol. The summed E-state index contributed by atoms with van der Waals surface area (Å²) >= 11 is 0. The lowest BCUT2D eigenvalue weighted by Crippen LogP contribution is -2.07. The average Bonchev–Trinajstić information content (AvgIpc) is 2.43. The van der Waals surface area contributed by atoms with Crippen LogP contribution in [0.2, 0.25) is 0 Å². The summed E-state index contributed by atoms with van der Waals surface area (Å²) in [5, 5.41) is 0.792. The molecule has 21 heavy (non-hydrogen) atoms. The standard InChI is InChI=1S/C16H17N5/c1-9-12(8-11-6-4-3-5-7-11)10(2)19-15-13(9)14(17)20-16(18)21-15/h3-7H,8H2,1-2H3,(H4,17,18,19,20,21). The van der Waals surface area contributed by atoms with Crippen LogP contribution in [-0.4, -0.2) is 15.0 Å². The maximum Gasteiger partial charge on any atom is 0.224 e. The number of hydrogen-bond donors (Lipinski definition) is 2. The molecular formula is C16H17N5. The topological polar surface area (TPSA) is 90.7 Å². The largest absolute Gasteiger partial charge is 0.383 e. The number of anilines is 2. The van der Waals surface area contributed by atoms with Gasteiger partial charge in [-0.15, -0.1) is 0 Å². The van der Waals surface area contributed by atoms with Gasteiger partial charge in [0.2, 0.25) is 5.95 Å². The molecule has 5 nitrogen and oxygen atoms in total. The van der Waals surface area contributed by atoms with Crippen LogP contribution in [0.3, 0.4) is 0 Å². The summed E-state index contributed by atoms with van der Waals surface area (Å²) < 4.78 is 0. The molecule has 0 unspecified atom stereocenters. The molecule has 3 aromatic rings. The van der Waals surface area contributed by atoms with Crippen molar-refractivity contribution in [3.63, 3.8) is 0 Å². The molecule has 0 aliphatic heterocycles. The highest BCUT2D eigenvalue weighted by Crippen LogP contribution is 2.27. The van der Waals surface area contributed by atoms with Crippen LogP contribution in [0.15, 0.2) is 30.3 Å². The van der Waals surface area contributed by atoms with Crippen LogP contribution in [0, 0.1) is 13.8 Å². The zero-order valence-electron chi connectivity index (χ0n) is 12.1. The van der Waals surface area contributed by atoms with Gasteiger partial charge < -0.3 is 11.5 Å². The number of benzene rings is 1. The van der Waals surface area contributed by atoms with E-state index in [9.17, 15) is 0 Å². The second-order valence-electron chi connectivity index (χ2n) is 5.13. The Morgan fingerprint density at radius 2 is 1.67 bits per heavy atom. The Labute approximate surface area is 123 Å². The first-order valence-electron chi connectivity index (χ1n) is 6.79. The van der Waals surface area contributed by atoms with Gasteiger partial charge in [0.25, 0.3) is 0 Å². The van der Waals surface area contributed by atoms with Gasteiger partial charge in [-0.25, -0.2) is 4.98 Å². The summed E-state index contributed by atoms with van der Waals surface area (Å²) in [7, 11) is 0. The van der Waals surface area contributed by atoms with Gasteiger partial charge in [-0.05, 0) is 37.0 Å². The van der Waals surface area contributed by atoms with Crippen molar-refractivity contribution in [1.82, 2.24) is 15.0 Å². The van der Waals surface area contributed by atoms with Gasteiger partial charge in [0.15, 0.2) is 5.65 Å². The van der Waals surface area contributed by atoms with Gasteiger partial charge in [0.05, 0.1) is 5.39 Å². The molecule has 2 aromatic heterocycles. The molecule has 0 saturated carbocycles. The number of aryl methyl sites for hydroxylation is 2. The number of pyridine rings is 1. The smallest absolute Gasteiger partial charge is 0.224 e. The summed E-state index contributed by atoms with van der Waals surface area (Å²) in [6, 6.07) is 10.3. The van der Waals surface area contributed by atoms with Gasteiger partial charge in [-0.2, -0.15) is 9.97 Å². The fourth-order valence-corrected chi connectivity index (χ4v) is 2.63. The highest BCUT2D eigenvalue weighted by molar-refractivity contribution is 5.90. The molecule has 0 bridgehead atoms. The molecule has 0 aliphatic rings. The Morgan fingerprint density at radius 1 is 0.952 bits per heavy atom. The van der Waals surface area contributed by atoms with Crippen LogP contribution < -0.4 is 11.5 Å². The number of nitrogens with zero attached hydrogens (tertiary/aromatic N) is 3. The number of fused-ring (bicyclic) bond motifs is 1. The minimum absolute atomic E-state index is 0.155. The molecular weight excluding hydrogens is 262 g/mol. The average molecular weight is 279 g/mol.